The van der Waals surface area contributed by atoms with Crippen LogP contribution in [0.4, 0.5) is 4.39 Å². The highest BCUT2D eigenvalue weighted by Gasteiger charge is 2.14. The van der Waals surface area contributed by atoms with Gasteiger partial charge in [0.2, 0.25) is 0 Å². The number of methoxy groups -OCH3 is 1. The second-order valence-electron chi connectivity index (χ2n) is 5.90. The lowest BCUT2D eigenvalue weighted by molar-refractivity contribution is 0.190. The Kier molecular flexibility index (Phi) is 4.18. The molecule has 0 unspecified atom stereocenters. The predicted molar refractivity (Wildman–Crippen MR) is 94.4 cm³/mol. The Morgan fingerprint density at radius 2 is 1.96 bits per heavy atom. The van der Waals surface area contributed by atoms with Crippen molar-refractivity contribution < 1.29 is 9.13 Å². The van der Waals surface area contributed by atoms with Gasteiger partial charge in [-0.05, 0) is 30.2 Å². The molecule has 0 fully saturated rings. The SMILES string of the molecule is COCCCn1ccc2c(nnc3c(-c4ccc(F)cc4)cnn32)c1=O. The van der Waals surface area contributed by atoms with E-state index in [-0.39, 0.29) is 16.9 Å². The van der Waals surface area contributed by atoms with Gasteiger partial charge in [0.25, 0.3) is 5.56 Å². The number of ether oxygens (including phenoxy) is 1. The number of benzene rings is 1. The minimum Gasteiger partial charge on any atom is -0.385 e. The van der Waals surface area contributed by atoms with Crippen molar-refractivity contribution in [3.05, 3.63) is 58.9 Å². The highest BCUT2D eigenvalue weighted by Crippen LogP contribution is 2.24. The second kappa shape index (κ2) is 6.64. The zero-order valence-electron chi connectivity index (χ0n) is 14.1. The van der Waals surface area contributed by atoms with Crippen molar-refractivity contribution in [1.29, 1.82) is 0 Å². The Balaban J connectivity index is 1.82. The zero-order chi connectivity index (χ0) is 18.1. The molecule has 4 aromatic rings. The van der Waals surface area contributed by atoms with Crippen molar-refractivity contribution in [2.24, 2.45) is 0 Å². The number of nitrogens with zero attached hydrogens (tertiary/aromatic N) is 5. The minimum absolute atomic E-state index is 0.216. The van der Waals surface area contributed by atoms with E-state index in [0.717, 1.165) is 17.5 Å². The Hall–Kier alpha value is -3.13. The van der Waals surface area contributed by atoms with Gasteiger partial charge in [0, 0.05) is 32.0 Å². The van der Waals surface area contributed by atoms with Crippen LogP contribution in [0.2, 0.25) is 0 Å². The van der Waals surface area contributed by atoms with E-state index in [1.165, 1.54) is 12.1 Å². The molecule has 1 aromatic carbocycles. The summed E-state index contributed by atoms with van der Waals surface area (Å²) in [5, 5.41) is 12.7. The van der Waals surface area contributed by atoms with Crippen LogP contribution < -0.4 is 5.56 Å². The lowest BCUT2D eigenvalue weighted by Gasteiger charge is -2.07. The number of fused-ring (bicyclic) bond motifs is 3. The van der Waals surface area contributed by atoms with Crippen LogP contribution in [0.5, 0.6) is 0 Å². The van der Waals surface area contributed by atoms with Crippen molar-refractivity contribution in [2.75, 3.05) is 13.7 Å². The van der Waals surface area contributed by atoms with Gasteiger partial charge in [-0.25, -0.2) is 8.91 Å². The van der Waals surface area contributed by atoms with Crippen LogP contribution in [0.1, 0.15) is 6.42 Å². The normalized spacial score (nSPS) is 11.5. The Morgan fingerprint density at radius 1 is 1.15 bits per heavy atom. The number of pyridine rings is 1. The van der Waals surface area contributed by atoms with Gasteiger partial charge in [-0.2, -0.15) is 5.10 Å². The largest absolute Gasteiger partial charge is 0.385 e. The first-order valence-electron chi connectivity index (χ1n) is 8.17. The summed E-state index contributed by atoms with van der Waals surface area (Å²) >= 11 is 0. The molecule has 26 heavy (non-hydrogen) atoms. The van der Waals surface area contributed by atoms with Gasteiger partial charge in [0.05, 0.1) is 6.20 Å². The van der Waals surface area contributed by atoms with E-state index in [1.807, 2.05) is 0 Å². The molecule has 0 aliphatic carbocycles. The van der Waals surface area contributed by atoms with Crippen LogP contribution in [0.3, 0.4) is 0 Å². The van der Waals surface area contributed by atoms with E-state index in [1.54, 1.807) is 46.8 Å². The molecule has 0 amide bonds. The standard InChI is InChI=1S/C18H16FN5O2/c1-26-10-2-8-23-9-7-15-16(18(23)25)21-22-17-14(11-20-24(15)17)12-3-5-13(19)6-4-12/h3-7,9,11H,2,8,10H2,1H3. The molecule has 0 spiro atoms. The van der Waals surface area contributed by atoms with E-state index in [9.17, 15) is 9.18 Å². The lowest BCUT2D eigenvalue weighted by atomic mass is 10.1. The van der Waals surface area contributed by atoms with Gasteiger partial charge in [-0.15, -0.1) is 10.2 Å². The molecular weight excluding hydrogens is 337 g/mol. The van der Waals surface area contributed by atoms with Crippen molar-refractivity contribution in [3.8, 4) is 11.1 Å². The first-order chi connectivity index (χ1) is 12.7. The third-order valence-electron chi connectivity index (χ3n) is 4.24. The molecular formula is C18H16FN5O2. The average molecular weight is 353 g/mol. The number of aryl methyl sites for hydroxylation is 1. The summed E-state index contributed by atoms with van der Waals surface area (Å²) in [6.45, 7) is 1.12. The van der Waals surface area contributed by atoms with Crippen LogP contribution >= 0.6 is 0 Å². The fraction of sp³-hybridized carbons (Fsp3) is 0.222. The minimum atomic E-state index is -0.309. The van der Waals surface area contributed by atoms with Gasteiger partial charge in [0.1, 0.15) is 11.3 Å². The van der Waals surface area contributed by atoms with Gasteiger partial charge in [0.15, 0.2) is 11.2 Å². The summed E-state index contributed by atoms with van der Waals surface area (Å²) in [7, 11) is 1.63. The number of hydrogen-bond donors (Lipinski definition) is 0. The Morgan fingerprint density at radius 3 is 2.73 bits per heavy atom. The van der Waals surface area contributed by atoms with E-state index in [4.69, 9.17) is 4.74 Å². The first kappa shape index (κ1) is 16.3. The van der Waals surface area contributed by atoms with Crippen molar-refractivity contribution >= 4 is 16.7 Å². The zero-order valence-corrected chi connectivity index (χ0v) is 14.1. The van der Waals surface area contributed by atoms with Gasteiger partial charge in [-0.1, -0.05) is 12.1 Å². The summed E-state index contributed by atoms with van der Waals surface area (Å²) in [6.07, 6.45) is 4.09. The number of rotatable bonds is 5. The van der Waals surface area contributed by atoms with Crippen LogP contribution in [0, 0.1) is 5.82 Å². The Labute approximate surface area is 147 Å². The van der Waals surface area contributed by atoms with Gasteiger partial charge in [-0.3, -0.25) is 4.79 Å². The fourth-order valence-electron chi connectivity index (χ4n) is 2.92. The third-order valence-corrected chi connectivity index (χ3v) is 4.24. The van der Waals surface area contributed by atoms with Crippen LogP contribution in [0.25, 0.3) is 27.8 Å². The predicted octanol–water partition coefficient (Wildman–Crippen LogP) is 2.28. The quantitative estimate of drug-likeness (QED) is 0.515. The summed E-state index contributed by atoms with van der Waals surface area (Å²) in [4.78, 5) is 12.6. The Bertz CT molecular complexity index is 1130. The summed E-state index contributed by atoms with van der Waals surface area (Å²) in [5.74, 6) is -0.309. The van der Waals surface area contributed by atoms with Crippen LogP contribution in [-0.4, -0.2) is 38.1 Å². The highest BCUT2D eigenvalue weighted by atomic mass is 19.1. The molecule has 0 aliphatic rings. The molecule has 8 heteroatoms. The van der Waals surface area contributed by atoms with Crippen LogP contribution in [-0.2, 0) is 11.3 Å². The molecule has 4 rings (SSSR count). The molecule has 3 aromatic heterocycles. The molecule has 0 saturated carbocycles. The van der Waals surface area contributed by atoms with Crippen molar-refractivity contribution in [3.63, 3.8) is 0 Å². The molecule has 0 bridgehead atoms. The molecule has 7 nitrogen and oxygen atoms in total. The maximum atomic E-state index is 13.2. The summed E-state index contributed by atoms with van der Waals surface area (Å²) in [5.41, 5.74) is 2.64. The molecule has 0 radical (unpaired) electrons. The molecule has 0 saturated heterocycles. The van der Waals surface area contributed by atoms with E-state index in [2.05, 4.69) is 15.3 Å². The highest BCUT2D eigenvalue weighted by molar-refractivity contribution is 5.82. The number of aromatic nitrogens is 5. The average Bonchev–Trinajstić information content (AvgIpc) is 3.09. The monoisotopic (exact) mass is 353 g/mol. The maximum absolute atomic E-state index is 13.2. The van der Waals surface area contributed by atoms with E-state index >= 15 is 0 Å². The molecule has 0 N–H and O–H groups in total. The summed E-state index contributed by atoms with van der Waals surface area (Å²) < 4.78 is 21.3. The molecule has 3 heterocycles. The maximum Gasteiger partial charge on any atom is 0.280 e. The third kappa shape index (κ3) is 2.74. The van der Waals surface area contributed by atoms with Gasteiger partial charge >= 0.3 is 0 Å². The molecule has 0 atom stereocenters. The molecule has 0 aliphatic heterocycles. The van der Waals surface area contributed by atoms with Gasteiger partial charge < -0.3 is 9.30 Å². The lowest BCUT2D eigenvalue weighted by Crippen LogP contribution is -2.22. The van der Waals surface area contributed by atoms with E-state index in [0.29, 0.717) is 24.3 Å². The fourth-order valence-corrected chi connectivity index (χ4v) is 2.92. The first-order valence-corrected chi connectivity index (χ1v) is 8.17. The van der Waals surface area contributed by atoms with Crippen molar-refractivity contribution in [2.45, 2.75) is 13.0 Å². The van der Waals surface area contributed by atoms with Crippen LogP contribution in [0.15, 0.2) is 47.5 Å². The second-order valence-corrected chi connectivity index (χ2v) is 5.90. The number of hydrogen-bond acceptors (Lipinski definition) is 5. The number of halogens is 1. The topological polar surface area (TPSA) is 74.3 Å². The summed E-state index contributed by atoms with van der Waals surface area (Å²) in [6, 6.07) is 7.88. The van der Waals surface area contributed by atoms with E-state index < -0.39 is 0 Å². The van der Waals surface area contributed by atoms with Crippen molar-refractivity contribution in [1.82, 2.24) is 24.4 Å². The smallest absolute Gasteiger partial charge is 0.280 e. The molecule has 132 valence electrons.